The van der Waals surface area contributed by atoms with Gasteiger partial charge in [0.1, 0.15) is 0 Å². The molecule has 0 saturated heterocycles. The van der Waals surface area contributed by atoms with Crippen molar-refractivity contribution in [3.63, 3.8) is 0 Å². The van der Waals surface area contributed by atoms with Crippen molar-refractivity contribution in [2.24, 2.45) is 5.92 Å². The minimum absolute atomic E-state index is 0.0205. The Morgan fingerprint density at radius 3 is 2.34 bits per heavy atom. The molecule has 44 heavy (non-hydrogen) atoms. The molecule has 1 saturated carbocycles. The number of methoxy groups -OCH3 is 1. The summed E-state index contributed by atoms with van der Waals surface area (Å²) in [6.07, 6.45) is 5.41. The molecule has 234 valence electrons. The van der Waals surface area contributed by atoms with Gasteiger partial charge in [0.25, 0.3) is 0 Å². The van der Waals surface area contributed by atoms with Gasteiger partial charge in [0, 0.05) is 43.0 Å². The van der Waals surface area contributed by atoms with Crippen molar-refractivity contribution in [2.75, 3.05) is 30.5 Å². The molecule has 0 spiro atoms. The number of fused-ring (bicyclic) bond motifs is 1. The number of carbonyl (C=O) groups is 2. The first kappa shape index (κ1) is 31.7. The topological polar surface area (TPSA) is 71.1 Å². The fraction of sp³-hybridized carbons (Fsp3) is 0.444. The van der Waals surface area contributed by atoms with Crippen molar-refractivity contribution in [2.45, 2.75) is 77.5 Å². The predicted molar refractivity (Wildman–Crippen MR) is 177 cm³/mol. The van der Waals surface area contributed by atoms with Crippen molar-refractivity contribution >= 4 is 34.8 Å². The number of hydrogen-bond acceptors (Lipinski definition) is 5. The third kappa shape index (κ3) is 7.15. The highest BCUT2D eigenvalue weighted by Crippen LogP contribution is 2.44. The molecular weight excluding hydrogens is 574 g/mol. The number of amides is 2. The highest BCUT2D eigenvalue weighted by atomic mass is 35.5. The van der Waals surface area contributed by atoms with E-state index in [0.717, 1.165) is 66.7 Å². The number of carbonyl (C=O) groups excluding carboxylic acids is 2. The SMILES string of the molecule is CCC(C)Oc1cc2c(cc1OC)CC(=O)N(c1ccc(N(C)CC3CCC(NC(C)=O)CC3)cc1)C2c1ccc(Cl)cc1. The van der Waals surface area contributed by atoms with Crippen molar-refractivity contribution < 1.29 is 19.1 Å². The minimum atomic E-state index is -0.351. The number of nitrogens with zero attached hydrogens (tertiary/aromatic N) is 2. The van der Waals surface area contributed by atoms with Gasteiger partial charge in [-0.05, 0) is 110 Å². The van der Waals surface area contributed by atoms with Crippen LogP contribution >= 0.6 is 11.6 Å². The third-order valence-electron chi connectivity index (χ3n) is 9.03. The number of ether oxygens (including phenoxy) is 2. The molecule has 1 aliphatic carbocycles. The molecule has 3 aromatic carbocycles. The maximum absolute atomic E-state index is 13.9. The smallest absolute Gasteiger partial charge is 0.232 e. The first-order valence-corrected chi connectivity index (χ1v) is 16.1. The lowest BCUT2D eigenvalue weighted by atomic mass is 9.85. The van der Waals surface area contributed by atoms with E-state index >= 15 is 0 Å². The van der Waals surface area contributed by atoms with Crippen molar-refractivity contribution in [3.05, 3.63) is 82.4 Å². The quantitative estimate of drug-likeness (QED) is 0.258. The van der Waals surface area contributed by atoms with E-state index in [-0.39, 0.29) is 30.4 Å². The summed E-state index contributed by atoms with van der Waals surface area (Å²) in [5.41, 5.74) is 4.87. The molecule has 1 heterocycles. The van der Waals surface area contributed by atoms with Gasteiger partial charge in [-0.25, -0.2) is 0 Å². The fourth-order valence-corrected chi connectivity index (χ4v) is 6.64. The zero-order valence-electron chi connectivity index (χ0n) is 26.4. The van der Waals surface area contributed by atoms with Gasteiger partial charge in [-0.1, -0.05) is 30.7 Å². The summed E-state index contributed by atoms with van der Waals surface area (Å²) < 4.78 is 12.0. The molecule has 2 atom stereocenters. The molecule has 5 rings (SSSR count). The average Bonchev–Trinajstić information content (AvgIpc) is 3.01. The number of halogens is 1. The van der Waals surface area contributed by atoms with Gasteiger partial charge >= 0.3 is 0 Å². The number of hydrogen-bond donors (Lipinski definition) is 1. The highest BCUT2D eigenvalue weighted by Gasteiger charge is 2.36. The molecule has 2 unspecified atom stereocenters. The minimum Gasteiger partial charge on any atom is -0.493 e. The van der Waals surface area contributed by atoms with Crippen LogP contribution in [-0.4, -0.2) is 44.7 Å². The van der Waals surface area contributed by atoms with Crippen LogP contribution in [0.1, 0.15) is 75.6 Å². The molecular formula is C36H44ClN3O4. The molecule has 2 aliphatic rings. The van der Waals surface area contributed by atoms with Gasteiger partial charge in [-0.15, -0.1) is 0 Å². The highest BCUT2D eigenvalue weighted by molar-refractivity contribution is 6.30. The van der Waals surface area contributed by atoms with Crippen molar-refractivity contribution in [1.29, 1.82) is 0 Å². The van der Waals surface area contributed by atoms with Crippen LogP contribution in [-0.2, 0) is 16.0 Å². The lowest BCUT2D eigenvalue weighted by Crippen LogP contribution is -2.41. The third-order valence-corrected chi connectivity index (χ3v) is 9.28. The van der Waals surface area contributed by atoms with Crippen LogP contribution < -0.4 is 24.6 Å². The summed E-state index contributed by atoms with van der Waals surface area (Å²) >= 11 is 6.28. The number of benzene rings is 3. The molecule has 1 N–H and O–H groups in total. The number of anilines is 2. The van der Waals surface area contributed by atoms with Crippen LogP contribution in [0.4, 0.5) is 11.4 Å². The van der Waals surface area contributed by atoms with E-state index < -0.39 is 0 Å². The largest absolute Gasteiger partial charge is 0.493 e. The van der Waals surface area contributed by atoms with Crippen LogP contribution in [0.5, 0.6) is 11.5 Å². The first-order chi connectivity index (χ1) is 21.2. The van der Waals surface area contributed by atoms with Gasteiger partial charge in [-0.2, -0.15) is 0 Å². The monoisotopic (exact) mass is 617 g/mol. The summed E-state index contributed by atoms with van der Waals surface area (Å²) in [6.45, 7) is 6.68. The van der Waals surface area contributed by atoms with E-state index in [0.29, 0.717) is 28.5 Å². The van der Waals surface area contributed by atoms with E-state index in [9.17, 15) is 9.59 Å². The zero-order valence-corrected chi connectivity index (χ0v) is 27.2. The molecule has 0 radical (unpaired) electrons. The van der Waals surface area contributed by atoms with E-state index in [4.69, 9.17) is 21.1 Å². The lowest BCUT2D eigenvalue weighted by molar-refractivity contribution is -0.120. The van der Waals surface area contributed by atoms with Crippen LogP contribution in [0.2, 0.25) is 5.02 Å². The van der Waals surface area contributed by atoms with Gasteiger partial charge in [0.15, 0.2) is 11.5 Å². The lowest BCUT2D eigenvalue weighted by Gasteiger charge is -2.38. The van der Waals surface area contributed by atoms with Crippen LogP contribution in [0.15, 0.2) is 60.7 Å². The maximum Gasteiger partial charge on any atom is 0.232 e. The second-order valence-electron chi connectivity index (χ2n) is 12.2. The Balaban J connectivity index is 1.42. The molecule has 8 heteroatoms. The second kappa shape index (κ2) is 13.9. The molecule has 3 aromatic rings. The van der Waals surface area contributed by atoms with Gasteiger partial charge in [-0.3, -0.25) is 9.59 Å². The van der Waals surface area contributed by atoms with Crippen molar-refractivity contribution in [3.8, 4) is 11.5 Å². The van der Waals surface area contributed by atoms with E-state index in [2.05, 4.69) is 36.3 Å². The number of nitrogens with one attached hydrogen (secondary N) is 1. The van der Waals surface area contributed by atoms with Crippen LogP contribution in [0.3, 0.4) is 0 Å². The Morgan fingerprint density at radius 1 is 1.05 bits per heavy atom. The molecule has 2 amide bonds. The van der Waals surface area contributed by atoms with E-state index in [1.54, 1.807) is 14.0 Å². The Kier molecular flexibility index (Phi) is 10.0. The molecule has 0 aromatic heterocycles. The zero-order chi connectivity index (χ0) is 31.4. The number of rotatable bonds is 10. The van der Waals surface area contributed by atoms with Gasteiger partial charge in [0.05, 0.1) is 25.7 Å². The first-order valence-electron chi connectivity index (χ1n) is 15.7. The van der Waals surface area contributed by atoms with Gasteiger partial charge < -0.3 is 24.6 Å². The van der Waals surface area contributed by atoms with Crippen LogP contribution in [0, 0.1) is 5.92 Å². The second-order valence-corrected chi connectivity index (χ2v) is 12.7. The summed E-state index contributed by atoms with van der Waals surface area (Å²) in [6, 6.07) is 20.0. The Morgan fingerprint density at radius 2 is 1.73 bits per heavy atom. The van der Waals surface area contributed by atoms with E-state index in [1.807, 2.05) is 60.4 Å². The Bertz CT molecular complexity index is 1450. The maximum atomic E-state index is 13.9. The molecule has 1 fully saturated rings. The standard InChI is InChI=1S/C36H44ClN3O4/c1-6-23(2)44-34-21-32-27(19-33(34)43-5)20-35(42)40(36(32)26-9-11-28(37)12-10-26)31-17-15-30(16-18-31)39(4)22-25-7-13-29(14-8-25)38-24(3)41/h9-12,15-19,21,23,25,29,36H,6-8,13-14,20,22H2,1-5H3,(H,38,41). The summed E-state index contributed by atoms with van der Waals surface area (Å²) in [5.74, 6) is 1.97. The summed E-state index contributed by atoms with van der Waals surface area (Å²) in [4.78, 5) is 29.5. The van der Waals surface area contributed by atoms with Crippen molar-refractivity contribution in [1.82, 2.24) is 5.32 Å². The normalized spacial score (nSPS) is 20.5. The Hall–Kier alpha value is -3.71. The molecule has 0 bridgehead atoms. The van der Waals surface area contributed by atoms with E-state index in [1.165, 1.54) is 0 Å². The molecule has 1 aliphatic heterocycles. The average molecular weight is 618 g/mol. The van der Waals surface area contributed by atoms with Crippen LogP contribution in [0.25, 0.3) is 0 Å². The molecule has 7 nitrogen and oxygen atoms in total. The summed E-state index contributed by atoms with van der Waals surface area (Å²) in [7, 11) is 3.76. The fourth-order valence-electron chi connectivity index (χ4n) is 6.51. The predicted octanol–water partition coefficient (Wildman–Crippen LogP) is 7.34. The van der Waals surface area contributed by atoms with Gasteiger partial charge in [0.2, 0.25) is 11.8 Å². The summed E-state index contributed by atoms with van der Waals surface area (Å²) in [5, 5.41) is 3.71. The Labute approximate surface area is 266 Å².